The smallest absolute Gasteiger partial charge is 0.206 e. The number of hydrogen-bond acceptors (Lipinski definition) is 7. The number of phenols is 3. The molecule has 1 aromatic carbocycles. The van der Waals surface area contributed by atoms with Gasteiger partial charge in [-0.15, -0.1) is 11.3 Å². The summed E-state index contributed by atoms with van der Waals surface area (Å²) >= 11 is 1.56. The van der Waals surface area contributed by atoms with E-state index in [9.17, 15) is 15.3 Å². The zero-order chi connectivity index (χ0) is 19.6. The third-order valence-corrected chi connectivity index (χ3v) is 5.30. The topological polar surface area (TPSA) is 102 Å². The summed E-state index contributed by atoms with van der Waals surface area (Å²) in [7, 11) is 0. The molecule has 4 N–H and O–H groups in total. The Balaban J connectivity index is 2.02. The predicted octanol–water partition coefficient (Wildman–Crippen LogP) is 2.50. The number of phenolic OH excluding ortho intramolecular Hbond substituents is 3. The molecule has 1 aliphatic rings. The Hall–Kier alpha value is -2.32. The summed E-state index contributed by atoms with van der Waals surface area (Å²) in [4.78, 5) is 5.73. The highest BCUT2D eigenvalue weighted by atomic mass is 32.1. The van der Waals surface area contributed by atoms with Crippen LogP contribution in [0.25, 0.3) is 0 Å². The largest absolute Gasteiger partial charge is 0.504 e. The molecule has 2 heterocycles. The summed E-state index contributed by atoms with van der Waals surface area (Å²) in [5.41, 5.74) is 1.40. The number of aromatic nitrogens is 1. The van der Waals surface area contributed by atoms with Crippen molar-refractivity contribution in [3.8, 4) is 17.2 Å². The number of benzene rings is 1. The van der Waals surface area contributed by atoms with Crippen LogP contribution < -0.4 is 10.1 Å². The lowest BCUT2D eigenvalue weighted by atomic mass is 9.93. The van der Waals surface area contributed by atoms with Crippen molar-refractivity contribution in [1.82, 2.24) is 9.99 Å². The van der Waals surface area contributed by atoms with Crippen LogP contribution in [0.4, 0.5) is 0 Å². The van der Waals surface area contributed by atoms with E-state index >= 15 is 0 Å². The van der Waals surface area contributed by atoms with Crippen molar-refractivity contribution in [2.24, 2.45) is 10.1 Å². The average molecular weight is 391 g/mol. The number of rotatable bonds is 3. The van der Waals surface area contributed by atoms with E-state index < -0.39 is 5.75 Å². The predicted molar refractivity (Wildman–Crippen MR) is 107 cm³/mol. The number of nitrogens with zero attached hydrogens (tertiary/aromatic N) is 3. The molecule has 1 saturated heterocycles. The van der Waals surface area contributed by atoms with Gasteiger partial charge >= 0.3 is 0 Å². The Bertz CT molecular complexity index is 879. The standard InChI is InChI=1S/C19H26N4O3S/c1-19(2,3)16-11-27-18(22-13-4-6-20-7-5-13)23(16)21-10-12-8-14(24)17(26)15(25)9-12/h8-11,13,20,24-26H,4-7H2,1-3H3/b21-10+,22-18?. The van der Waals surface area contributed by atoms with Crippen molar-refractivity contribution < 1.29 is 15.3 Å². The molecule has 7 nitrogen and oxygen atoms in total. The Morgan fingerprint density at radius 1 is 1.15 bits per heavy atom. The second kappa shape index (κ2) is 7.74. The molecule has 27 heavy (non-hydrogen) atoms. The van der Waals surface area contributed by atoms with Crippen molar-refractivity contribution in [3.05, 3.63) is 33.6 Å². The Labute approximate surface area is 162 Å². The van der Waals surface area contributed by atoms with Crippen LogP contribution in [0.2, 0.25) is 0 Å². The highest BCUT2D eigenvalue weighted by Crippen LogP contribution is 2.34. The molecule has 1 aromatic heterocycles. The van der Waals surface area contributed by atoms with Gasteiger partial charge in [0.15, 0.2) is 17.2 Å². The molecule has 0 amide bonds. The van der Waals surface area contributed by atoms with Gasteiger partial charge in [0, 0.05) is 16.4 Å². The maximum absolute atomic E-state index is 9.69. The van der Waals surface area contributed by atoms with Gasteiger partial charge in [-0.3, -0.25) is 4.99 Å². The van der Waals surface area contributed by atoms with Gasteiger partial charge in [0.05, 0.1) is 18.0 Å². The second-order valence-corrected chi connectivity index (χ2v) is 8.56. The SMILES string of the molecule is CC(C)(C)c1csc(=NC2CCNCC2)n1/N=C/c1cc(O)c(O)c(O)c1. The minimum atomic E-state index is -0.535. The van der Waals surface area contributed by atoms with E-state index in [4.69, 9.17) is 4.99 Å². The van der Waals surface area contributed by atoms with Crippen molar-refractivity contribution >= 4 is 17.6 Å². The van der Waals surface area contributed by atoms with Crippen LogP contribution in [0.3, 0.4) is 0 Å². The number of hydrogen-bond donors (Lipinski definition) is 4. The molecule has 0 spiro atoms. The number of aromatic hydroxyl groups is 3. The van der Waals surface area contributed by atoms with E-state index in [0.717, 1.165) is 36.4 Å². The van der Waals surface area contributed by atoms with E-state index in [1.807, 2.05) is 4.68 Å². The van der Waals surface area contributed by atoms with Crippen molar-refractivity contribution in [3.63, 3.8) is 0 Å². The van der Waals surface area contributed by atoms with E-state index in [0.29, 0.717) is 5.56 Å². The van der Waals surface area contributed by atoms with Crippen LogP contribution >= 0.6 is 11.3 Å². The Morgan fingerprint density at radius 2 is 1.78 bits per heavy atom. The van der Waals surface area contributed by atoms with Crippen LogP contribution in [0.15, 0.2) is 27.6 Å². The lowest BCUT2D eigenvalue weighted by Crippen LogP contribution is -2.32. The maximum Gasteiger partial charge on any atom is 0.206 e. The molecule has 0 bridgehead atoms. The molecule has 0 atom stereocenters. The molecule has 8 heteroatoms. The van der Waals surface area contributed by atoms with Gasteiger partial charge in [0.2, 0.25) is 4.80 Å². The van der Waals surface area contributed by atoms with Gasteiger partial charge in [-0.25, -0.2) is 4.68 Å². The molecule has 0 aliphatic carbocycles. The normalized spacial score (nSPS) is 17.1. The van der Waals surface area contributed by atoms with Gasteiger partial charge in [0.25, 0.3) is 0 Å². The van der Waals surface area contributed by atoms with E-state index in [2.05, 4.69) is 36.6 Å². The van der Waals surface area contributed by atoms with Crippen LogP contribution in [-0.4, -0.2) is 45.3 Å². The Kier molecular flexibility index (Phi) is 5.57. The first-order valence-corrected chi connectivity index (χ1v) is 9.88. The van der Waals surface area contributed by atoms with E-state index in [-0.39, 0.29) is 23.0 Å². The van der Waals surface area contributed by atoms with E-state index in [1.54, 1.807) is 17.6 Å². The molecule has 146 valence electrons. The molecular formula is C19H26N4O3S. The summed E-state index contributed by atoms with van der Waals surface area (Å²) in [6.45, 7) is 8.30. The highest BCUT2D eigenvalue weighted by Gasteiger charge is 2.21. The van der Waals surface area contributed by atoms with Crippen molar-refractivity contribution in [2.45, 2.75) is 45.1 Å². The molecule has 2 aromatic rings. The first-order chi connectivity index (χ1) is 12.8. The molecule has 0 unspecified atom stereocenters. The first-order valence-electron chi connectivity index (χ1n) is 9.00. The summed E-state index contributed by atoms with van der Waals surface area (Å²) in [5, 5.41) is 38.9. The average Bonchev–Trinajstić information content (AvgIpc) is 3.01. The zero-order valence-corrected chi connectivity index (χ0v) is 16.6. The van der Waals surface area contributed by atoms with Crippen molar-refractivity contribution in [1.29, 1.82) is 0 Å². The third-order valence-electron chi connectivity index (χ3n) is 4.47. The minimum absolute atomic E-state index is 0.116. The monoisotopic (exact) mass is 390 g/mol. The number of thiazole rings is 1. The third kappa shape index (κ3) is 4.51. The van der Waals surface area contributed by atoms with Crippen LogP contribution in [-0.2, 0) is 5.41 Å². The van der Waals surface area contributed by atoms with Crippen molar-refractivity contribution in [2.75, 3.05) is 13.1 Å². The molecular weight excluding hydrogens is 364 g/mol. The lowest BCUT2D eigenvalue weighted by molar-refractivity contribution is 0.368. The maximum atomic E-state index is 9.69. The Morgan fingerprint density at radius 3 is 2.37 bits per heavy atom. The van der Waals surface area contributed by atoms with Gasteiger partial charge in [-0.1, -0.05) is 20.8 Å². The van der Waals surface area contributed by atoms with Gasteiger partial charge in [0.1, 0.15) is 0 Å². The molecule has 3 rings (SSSR count). The molecule has 0 radical (unpaired) electrons. The molecule has 1 fully saturated rings. The molecule has 1 aliphatic heterocycles. The zero-order valence-electron chi connectivity index (χ0n) is 15.8. The fourth-order valence-electron chi connectivity index (χ4n) is 2.92. The minimum Gasteiger partial charge on any atom is -0.504 e. The van der Waals surface area contributed by atoms with Gasteiger partial charge in [-0.05, 0) is 38.1 Å². The highest BCUT2D eigenvalue weighted by molar-refractivity contribution is 7.07. The first kappa shape index (κ1) is 19.4. The number of nitrogens with one attached hydrogen (secondary N) is 1. The summed E-state index contributed by atoms with van der Waals surface area (Å²) in [6, 6.07) is 2.98. The van der Waals surface area contributed by atoms with Crippen LogP contribution in [0.5, 0.6) is 17.2 Å². The lowest BCUT2D eigenvalue weighted by Gasteiger charge is -2.20. The number of piperidine rings is 1. The van der Waals surface area contributed by atoms with Gasteiger partial charge < -0.3 is 20.6 Å². The van der Waals surface area contributed by atoms with E-state index in [1.165, 1.54) is 12.1 Å². The molecule has 0 saturated carbocycles. The fourth-order valence-corrected chi connectivity index (χ4v) is 4.04. The fraction of sp³-hybridized carbons (Fsp3) is 0.474. The summed E-state index contributed by atoms with van der Waals surface area (Å²) < 4.78 is 1.83. The quantitative estimate of drug-likeness (QED) is 0.478. The summed E-state index contributed by atoms with van der Waals surface area (Å²) in [6.07, 6.45) is 3.56. The second-order valence-electron chi connectivity index (χ2n) is 7.73. The van der Waals surface area contributed by atoms with Gasteiger partial charge in [-0.2, -0.15) is 5.10 Å². The summed E-state index contributed by atoms with van der Waals surface area (Å²) in [5.74, 6) is -1.31. The van der Waals surface area contributed by atoms with Crippen LogP contribution in [0.1, 0.15) is 44.9 Å². The van der Waals surface area contributed by atoms with Crippen LogP contribution in [0, 0.1) is 0 Å².